The van der Waals surface area contributed by atoms with Crippen LogP contribution in [-0.4, -0.2) is 11.6 Å². The van der Waals surface area contributed by atoms with Crippen LogP contribution >= 0.6 is 0 Å². The Kier molecular flexibility index (Phi) is 3.98. The Balaban J connectivity index is 1.95. The lowest BCUT2D eigenvalue weighted by atomic mass is 9.46. The van der Waals surface area contributed by atoms with Gasteiger partial charge in [-0.3, -0.25) is 9.59 Å². The molecule has 0 radical (unpaired) electrons. The van der Waals surface area contributed by atoms with Gasteiger partial charge in [0.2, 0.25) is 0 Å². The Morgan fingerprint density at radius 1 is 1.22 bits per heavy atom. The van der Waals surface area contributed by atoms with E-state index in [0.29, 0.717) is 17.4 Å². The van der Waals surface area contributed by atoms with E-state index in [-0.39, 0.29) is 22.4 Å². The molecular formula is C21H28O2. The van der Waals surface area contributed by atoms with Crippen molar-refractivity contribution in [2.75, 3.05) is 0 Å². The molecule has 0 unspecified atom stereocenters. The van der Waals surface area contributed by atoms with Crippen molar-refractivity contribution in [3.05, 3.63) is 36.0 Å². The van der Waals surface area contributed by atoms with Crippen LogP contribution in [0.3, 0.4) is 0 Å². The van der Waals surface area contributed by atoms with Gasteiger partial charge in [-0.25, -0.2) is 0 Å². The molecule has 0 spiro atoms. The van der Waals surface area contributed by atoms with Gasteiger partial charge in [-0.05, 0) is 79.4 Å². The molecular weight excluding hydrogens is 284 g/mol. The lowest BCUT2D eigenvalue weighted by Crippen LogP contribution is -2.50. The summed E-state index contributed by atoms with van der Waals surface area (Å²) < 4.78 is 0. The van der Waals surface area contributed by atoms with Gasteiger partial charge in [0.05, 0.1) is 0 Å². The summed E-state index contributed by atoms with van der Waals surface area (Å²) in [5.74, 6) is 1.07. The maximum Gasteiger partial charge on any atom is 0.182 e. The van der Waals surface area contributed by atoms with Gasteiger partial charge in [0.1, 0.15) is 0 Å². The number of ketones is 2. The van der Waals surface area contributed by atoms with Crippen LogP contribution in [0.5, 0.6) is 0 Å². The van der Waals surface area contributed by atoms with E-state index in [1.54, 1.807) is 6.08 Å². The largest absolute Gasteiger partial charge is 0.290 e. The number of fused-ring (bicyclic) bond motifs is 1. The molecule has 2 heteroatoms. The standard InChI is InChI=1S/C21H28O2/c1-14-6-5-7-19-20(14,3)11-10-15(2)21(19,4)13-16-12-17(22)8-9-18(16)23/h8-9,12,15,19H,1,5-7,10-11,13H2,2-4H3/t15-,19-,20-,21-/m0/s1. The average Bonchev–Trinajstić information content (AvgIpc) is 2.50. The molecule has 0 aromatic rings. The molecule has 0 bridgehead atoms. The smallest absolute Gasteiger partial charge is 0.182 e. The fraction of sp³-hybridized carbons (Fsp3) is 0.619. The minimum atomic E-state index is -0.0533. The number of carbonyl (C=O) groups excluding carboxylic acids is 2. The Morgan fingerprint density at radius 2 is 1.96 bits per heavy atom. The number of hydrogen-bond donors (Lipinski definition) is 0. The Bertz CT molecular complexity index is 624. The molecule has 3 rings (SSSR count). The van der Waals surface area contributed by atoms with E-state index in [0.717, 1.165) is 12.8 Å². The minimum Gasteiger partial charge on any atom is -0.290 e. The van der Waals surface area contributed by atoms with Crippen LogP contribution in [0.15, 0.2) is 36.0 Å². The predicted octanol–water partition coefficient (Wildman–Crippen LogP) is 4.81. The second kappa shape index (κ2) is 5.58. The average molecular weight is 312 g/mol. The number of carbonyl (C=O) groups is 2. The van der Waals surface area contributed by atoms with Crippen molar-refractivity contribution in [2.45, 2.75) is 59.3 Å². The molecule has 0 aromatic heterocycles. The van der Waals surface area contributed by atoms with Crippen LogP contribution in [0.25, 0.3) is 0 Å². The summed E-state index contributed by atoms with van der Waals surface area (Å²) in [6, 6.07) is 0. The van der Waals surface area contributed by atoms with Crippen molar-refractivity contribution in [3.63, 3.8) is 0 Å². The quantitative estimate of drug-likeness (QED) is 0.541. The van der Waals surface area contributed by atoms with E-state index in [2.05, 4.69) is 27.4 Å². The first kappa shape index (κ1) is 16.4. The van der Waals surface area contributed by atoms with Gasteiger partial charge in [0.25, 0.3) is 0 Å². The zero-order chi connectivity index (χ0) is 16.8. The van der Waals surface area contributed by atoms with Crippen molar-refractivity contribution < 1.29 is 9.59 Å². The third-order valence-corrected chi connectivity index (χ3v) is 7.17. The third-order valence-electron chi connectivity index (χ3n) is 7.17. The molecule has 3 aliphatic rings. The van der Waals surface area contributed by atoms with Crippen molar-refractivity contribution in [2.24, 2.45) is 22.7 Å². The van der Waals surface area contributed by atoms with Gasteiger partial charge in [0.15, 0.2) is 11.6 Å². The van der Waals surface area contributed by atoms with Crippen molar-refractivity contribution in [1.29, 1.82) is 0 Å². The molecule has 3 aliphatic carbocycles. The number of rotatable bonds is 2. The number of hydrogen-bond acceptors (Lipinski definition) is 2. The molecule has 0 aliphatic heterocycles. The fourth-order valence-corrected chi connectivity index (χ4v) is 5.37. The monoisotopic (exact) mass is 312 g/mol. The predicted molar refractivity (Wildman–Crippen MR) is 92.9 cm³/mol. The molecule has 23 heavy (non-hydrogen) atoms. The van der Waals surface area contributed by atoms with Crippen LogP contribution in [0.1, 0.15) is 59.3 Å². The molecule has 2 fully saturated rings. The summed E-state index contributed by atoms with van der Waals surface area (Å²) in [4.78, 5) is 24.0. The first-order valence-electron chi connectivity index (χ1n) is 8.92. The molecule has 0 N–H and O–H groups in total. The van der Waals surface area contributed by atoms with Gasteiger partial charge >= 0.3 is 0 Å². The minimum absolute atomic E-state index is 0.0138. The summed E-state index contributed by atoms with van der Waals surface area (Å²) in [5.41, 5.74) is 2.35. The number of allylic oxidation sites excluding steroid dienone is 5. The van der Waals surface area contributed by atoms with Crippen LogP contribution in [0.2, 0.25) is 0 Å². The Labute approximate surface area is 139 Å². The highest BCUT2D eigenvalue weighted by molar-refractivity contribution is 6.17. The molecule has 4 atom stereocenters. The van der Waals surface area contributed by atoms with Crippen LogP contribution in [-0.2, 0) is 9.59 Å². The fourth-order valence-electron chi connectivity index (χ4n) is 5.37. The first-order chi connectivity index (χ1) is 10.8. The summed E-state index contributed by atoms with van der Waals surface area (Å²) in [7, 11) is 0. The third kappa shape index (κ3) is 2.56. The van der Waals surface area contributed by atoms with Crippen LogP contribution in [0, 0.1) is 22.7 Å². The van der Waals surface area contributed by atoms with Crippen LogP contribution in [0.4, 0.5) is 0 Å². The molecule has 2 nitrogen and oxygen atoms in total. The Hall–Kier alpha value is -1.44. The van der Waals surface area contributed by atoms with Crippen molar-refractivity contribution in [1.82, 2.24) is 0 Å². The molecule has 0 saturated heterocycles. The highest BCUT2D eigenvalue weighted by Gasteiger charge is 2.54. The molecule has 0 aromatic carbocycles. The van der Waals surface area contributed by atoms with Gasteiger partial charge in [-0.2, -0.15) is 0 Å². The van der Waals surface area contributed by atoms with E-state index in [1.807, 2.05) is 0 Å². The first-order valence-corrected chi connectivity index (χ1v) is 8.92. The van der Waals surface area contributed by atoms with Gasteiger partial charge in [0, 0.05) is 5.57 Å². The van der Waals surface area contributed by atoms with E-state index in [4.69, 9.17) is 0 Å². The van der Waals surface area contributed by atoms with Gasteiger partial charge < -0.3 is 0 Å². The van der Waals surface area contributed by atoms with Crippen molar-refractivity contribution in [3.8, 4) is 0 Å². The normalized spacial score (nSPS) is 40.8. The van der Waals surface area contributed by atoms with E-state index in [1.165, 1.54) is 43.4 Å². The second-order valence-corrected chi connectivity index (χ2v) is 8.36. The summed E-state index contributed by atoms with van der Waals surface area (Å²) >= 11 is 0. The van der Waals surface area contributed by atoms with Crippen LogP contribution < -0.4 is 0 Å². The second-order valence-electron chi connectivity index (χ2n) is 8.36. The topological polar surface area (TPSA) is 34.1 Å². The van der Waals surface area contributed by atoms with E-state index >= 15 is 0 Å². The molecule has 124 valence electrons. The SMILES string of the molecule is C=C1CCC[C@@H]2[C@@](C)(CC3=CC(=O)C=CC3=O)[C@@H](C)CC[C@@]12C. The lowest BCUT2D eigenvalue weighted by Gasteiger charge is -2.59. The molecule has 0 amide bonds. The summed E-state index contributed by atoms with van der Waals surface area (Å²) in [6.07, 6.45) is 11.0. The highest BCUT2D eigenvalue weighted by atomic mass is 16.1. The lowest BCUT2D eigenvalue weighted by molar-refractivity contribution is -0.115. The maximum absolute atomic E-state index is 12.2. The van der Waals surface area contributed by atoms with E-state index < -0.39 is 0 Å². The maximum atomic E-state index is 12.2. The Morgan fingerprint density at radius 3 is 2.70 bits per heavy atom. The molecule has 2 saturated carbocycles. The molecule has 0 heterocycles. The zero-order valence-electron chi connectivity index (χ0n) is 14.7. The summed E-state index contributed by atoms with van der Waals surface area (Å²) in [6.45, 7) is 11.4. The zero-order valence-corrected chi connectivity index (χ0v) is 14.7. The van der Waals surface area contributed by atoms with Crippen molar-refractivity contribution >= 4 is 11.6 Å². The highest BCUT2D eigenvalue weighted by Crippen LogP contribution is 2.63. The van der Waals surface area contributed by atoms with E-state index in [9.17, 15) is 9.59 Å². The van der Waals surface area contributed by atoms with Gasteiger partial charge in [-0.1, -0.05) is 32.9 Å². The summed E-state index contributed by atoms with van der Waals surface area (Å²) in [5, 5.41) is 0. The van der Waals surface area contributed by atoms with Gasteiger partial charge in [-0.15, -0.1) is 0 Å².